The standard InChI is InChI=1S/C10H17N5O3/c1-4-18-10(17)6-15(8(2)3)9(16)5-14-7-11-12-13-14/h7-8H,4-6H2,1-3H3. The molecule has 0 saturated carbocycles. The number of rotatable bonds is 6. The van der Waals surface area contributed by atoms with Crippen LogP contribution in [0.3, 0.4) is 0 Å². The van der Waals surface area contributed by atoms with Gasteiger partial charge in [-0.1, -0.05) is 0 Å². The summed E-state index contributed by atoms with van der Waals surface area (Å²) < 4.78 is 6.14. The van der Waals surface area contributed by atoms with E-state index in [4.69, 9.17) is 4.74 Å². The normalized spacial score (nSPS) is 10.4. The van der Waals surface area contributed by atoms with Crippen molar-refractivity contribution in [2.75, 3.05) is 13.2 Å². The van der Waals surface area contributed by atoms with Gasteiger partial charge in [0.05, 0.1) is 6.61 Å². The fourth-order valence-electron chi connectivity index (χ4n) is 1.39. The Morgan fingerprint density at radius 2 is 2.17 bits per heavy atom. The van der Waals surface area contributed by atoms with Gasteiger partial charge >= 0.3 is 5.97 Å². The highest BCUT2D eigenvalue weighted by molar-refractivity contribution is 5.82. The number of tetrazole rings is 1. The summed E-state index contributed by atoms with van der Waals surface area (Å²) in [5, 5.41) is 10.5. The third-order valence-electron chi connectivity index (χ3n) is 2.24. The molecule has 100 valence electrons. The first-order valence-electron chi connectivity index (χ1n) is 5.70. The highest BCUT2D eigenvalue weighted by Gasteiger charge is 2.21. The van der Waals surface area contributed by atoms with Crippen LogP contribution in [0.5, 0.6) is 0 Å². The lowest BCUT2D eigenvalue weighted by molar-refractivity contribution is -0.150. The second kappa shape index (κ2) is 6.67. The maximum atomic E-state index is 12.0. The summed E-state index contributed by atoms with van der Waals surface area (Å²) in [6.07, 6.45) is 1.35. The quantitative estimate of drug-likeness (QED) is 0.635. The molecule has 1 aromatic heterocycles. The first-order chi connectivity index (χ1) is 8.54. The zero-order valence-electron chi connectivity index (χ0n) is 10.7. The molecule has 8 heteroatoms. The molecule has 1 aromatic rings. The van der Waals surface area contributed by atoms with Crippen molar-refractivity contribution >= 4 is 11.9 Å². The van der Waals surface area contributed by atoms with Crippen LogP contribution in [-0.4, -0.2) is 56.2 Å². The van der Waals surface area contributed by atoms with Crippen LogP contribution in [0.1, 0.15) is 20.8 Å². The molecule has 0 saturated heterocycles. The van der Waals surface area contributed by atoms with Crippen LogP contribution in [0, 0.1) is 0 Å². The van der Waals surface area contributed by atoms with Crippen LogP contribution >= 0.6 is 0 Å². The van der Waals surface area contributed by atoms with Gasteiger partial charge in [0.1, 0.15) is 19.4 Å². The zero-order chi connectivity index (χ0) is 13.5. The molecule has 1 amide bonds. The van der Waals surface area contributed by atoms with Gasteiger partial charge < -0.3 is 9.64 Å². The van der Waals surface area contributed by atoms with Gasteiger partial charge in [-0.25, -0.2) is 4.68 Å². The van der Waals surface area contributed by atoms with E-state index in [0.29, 0.717) is 6.61 Å². The molecular formula is C10H17N5O3. The van der Waals surface area contributed by atoms with Crippen molar-refractivity contribution < 1.29 is 14.3 Å². The smallest absolute Gasteiger partial charge is 0.325 e. The SMILES string of the molecule is CCOC(=O)CN(C(=O)Cn1cnnn1)C(C)C. The highest BCUT2D eigenvalue weighted by Crippen LogP contribution is 2.01. The molecular weight excluding hydrogens is 238 g/mol. The van der Waals surface area contributed by atoms with Gasteiger partial charge in [-0.3, -0.25) is 9.59 Å². The third-order valence-corrected chi connectivity index (χ3v) is 2.24. The predicted octanol–water partition coefficient (Wildman–Crippen LogP) is -0.527. The maximum Gasteiger partial charge on any atom is 0.325 e. The fourth-order valence-corrected chi connectivity index (χ4v) is 1.39. The lowest BCUT2D eigenvalue weighted by Crippen LogP contribution is -2.43. The van der Waals surface area contributed by atoms with Crippen LogP contribution in [0.25, 0.3) is 0 Å². The lowest BCUT2D eigenvalue weighted by Gasteiger charge is -2.25. The predicted molar refractivity (Wildman–Crippen MR) is 61.3 cm³/mol. The van der Waals surface area contributed by atoms with E-state index in [1.54, 1.807) is 6.92 Å². The van der Waals surface area contributed by atoms with E-state index in [0.717, 1.165) is 0 Å². The summed E-state index contributed by atoms with van der Waals surface area (Å²) in [6, 6.07) is -0.0987. The van der Waals surface area contributed by atoms with E-state index in [1.165, 1.54) is 15.9 Å². The Morgan fingerprint density at radius 1 is 1.44 bits per heavy atom. The second-order valence-corrected chi connectivity index (χ2v) is 3.93. The van der Waals surface area contributed by atoms with Gasteiger partial charge in [0.15, 0.2) is 0 Å². The number of nitrogens with zero attached hydrogens (tertiary/aromatic N) is 5. The number of ether oxygens (including phenoxy) is 1. The molecule has 0 radical (unpaired) electrons. The summed E-state index contributed by atoms with van der Waals surface area (Å²) in [6.45, 7) is 5.62. The Bertz CT molecular complexity index is 390. The fraction of sp³-hybridized carbons (Fsp3) is 0.700. The topological polar surface area (TPSA) is 90.2 Å². The summed E-state index contributed by atoms with van der Waals surface area (Å²) in [5.74, 6) is -0.651. The van der Waals surface area contributed by atoms with E-state index in [1.807, 2.05) is 13.8 Å². The molecule has 0 aliphatic rings. The number of esters is 1. The highest BCUT2D eigenvalue weighted by atomic mass is 16.5. The van der Waals surface area contributed by atoms with Crippen molar-refractivity contribution in [3.8, 4) is 0 Å². The minimum Gasteiger partial charge on any atom is -0.465 e. The van der Waals surface area contributed by atoms with Gasteiger partial charge in [-0.15, -0.1) is 5.10 Å². The Kier molecular flexibility index (Phi) is 5.22. The first kappa shape index (κ1) is 14.1. The number of aromatic nitrogens is 4. The third kappa shape index (κ3) is 4.11. The summed E-state index contributed by atoms with van der Waals surface area (Å²) in [7, 11) is 0. The van der Waals surface area contributed by atoms with Crippen molar-refractivity contribution in [2.24, 2.45) is 0 Å². The molecule has 0 aliphatic carbocycles. The van der Waals surface area contributed by atoms with E-state index >= 15 is 0 Å². The van der Waals surface area contributed by atoms with Crippen molar-refractivity contribution in [1.82, 2.24) is 25.1 Å². The Morgan fingerprint density at radius 3 is 2.67 bits per heavy atom. The molecule has 18 heavy (non-hydrogen) atoms. The average Bonchev–Trinajstić information content (AvgIpc) is 2.78. The first-order valence-corrected chi connectivity index (χ1v) is 5.70. The van der Waals surface area contributed by atoms with Gasteiger partial charge in [0.2, 0.25) is 5.91 Å². The van der Waals surface area contributed by atoms with E-state index in [2.05, 4.69) is 15.5 Å². The molecule has 8 nitrogen and oxygen atoms in total. The number of amides is 1. The van der Waals surface area contributed by atoms with Crippen LogP contribution in [-0.2, 0) is 20.9 Å². The van der Waals surface area contributed by atoms with Gasteiger partial charge in [0, 0.05) is 6.04 Å². The molecule has 0 spiro atoms. The van der Waals surface area contributed by atoms with Gasteiger partial charge in [-0.2, -0.15) is 0 Å². The molecule has 0 bridgehead atoms. The zero-order valence-corrected chi connectivity index (χ0v) is 10.7. The lowest BCUT2D eigenvalue weighted by atomic mass is 10.3. The van der Waals surface area contributed by atoms with Crippen molar-refractivity contribution in [3.63, 3.8) is 0 Å². The largest absolute Gasteiger partial charge is 0.465 e. The summed E-state index contributed by atoms with van der Waals surface area (Å²) >= 11 is 0. The second-order valence-electron chi connectivity index (χ2n) is 3.93. The van der Waals surface area contributed by atoms with Gasteiger partial charge in [0.25, 0.3) is 0 Å². The van der Waals surface area contributed by atoms with Crippen LogP contribution in [0.4, 0.5) is 0 Å². The molecule has 0 N–H and O–H groups in total. The summed E-state index contributed by atoms with van der Waals surface area (Å²) in [5.41, 5.74) is 0. The maximum absolute atomic E-state index is 12.0. The van der Waals surface area contributed by atoms with Crippen molar-refractivity contribution in [1.29, 1.82) is 0 Å². The monoisotopic (exact) mass is 255 g/mol. The molecule has 0 unspecified atom stereocenters. The average molecular weight is 255 g/mol. The number of hydrogen-bond acceptors (Lipinski definition) is 6. The molecule has 0 fully saturated rings. The van der Waals surface area contributed by atoms with Crippen molar-refractivity contribution in [3.05, 3.63) is 6.33 Å². The Balaban J connectivity index is 2.61. The molecule has 1 heterocycles. The molecule has 0 atom stereocenters. The molecule has 0 aliphatic heterocycles. The number of carbonyl (C=O) groups excluding carboxylic acids is 2. The number of carbonyl (C=O) groups is 2. The molecule has 1 rings (SSSR count). The molecule has 0 aromatic carbocycles. The Hall–Kier alpha value is -1.99. The van der Waals surface area contributed by atoms with Crippen LogP contribution in [0.2, 0.25) is 0 Å². The van der Waals surface area contributed by atoms with E-state index < -0.39 is 5.97 Å². The number of hydrogen-bond donors (Lipinski definition) is 0. The van der Waals surface area contributed by atoms with E-state index in [9.17, 15) is 9.59 Å². The Labute approximate surface area is 105 Å². The van der Waals surface area contributed by atoms with Gasteiger partial charge in [-0.05, 0) is 31.2 Å². The summed E-state index contributed by atoms with van der Waals surface area (Å²) in [4.78, 5) is 24.8. The minimum atomic E-state index is -0.420. The van der Waals surface area contributed by atoms with Crippen LogP contribution < -0.4 is 0 Å². The van der Waals surface area contributed by atoms with E-state index in [-0.39, 0.29) is 25.0 Å². The van der Waals surface area contributed by atoms with Crippen LogP contribution in [0.15, 0.2) is 6.33 Å². The minimum absolute atomic E-state index is 0.00455. The van der Waals surface area contributed by atoms with Crippen molar-refractivity contribution in [2.45, 2.75) is 33.4 Å².